The molecule has 1 aromatic rings. The molecule has 0 atom stereocenters. The van der Waals surface area contributed by atoms with Crippen LogP contribution in [0.4, 0.5) is 5.69 Å². The van der Waals surface area contributed by atoms with Crippen LogP contribution in [0.5, 0.6) is 5.75 Å². The average Bonchev–Trinajstić information content (AvgIpc) is 2.14. The number of nitrogens with one attached hydrogen (secondary N) is 1. The minimum absolute atomic E-state index is 0.0933. The molecule has 3 nitrogen and oxygen atoms in total. The molecule has 0 aromatic heterocycles. The number of anilines is 1. The van der Waals surface area contributed by atoms with Crippen LogP contribution in [0.1, 0.15) is 26.3 Å². The van der Waals surface area contributed by atoms with Crippen LogP contribution in [0, 0.1) is 6.92 Å². The molecule has 0 unspecified atom stereocenters. The van der Waals surface area contributed by atoms with Crippen LogP contribution in [0.2, 0.25) is 0 Å². The van der Waals surface area contributed by atoms with Crippen molar-refractivity contribution in [2.75, 3.05) is 5.32 Å². The molecule has 0 saturated carbocycles. The zero-order valence-electron chi connectivity index (χ0n) is 9.09. The molecule has 1 amide bonds. The van der Waals surface area contributed by atoms with Gasteiger partial charge in [0.15, 0.2) is 0 Å². The second-order valence-corrected chi connectivity index (χ2v) is 2.70. The average molecular weight is 195 g/mol. The Morgan fingerprint density at radius 3 is 2.43 bits per heavy atom. The lowest BCUT2D eigenvalue weighted by Crippen LogP contribution is -2.05. The number of carbonyl (C=O) groups excluding carboxylic acids is 1. The summed E-state index contributed by atoms with van der Waals surface area (Å²) in [4.78, 5) is 10.7. The Morgan fingerprint density at radius 1 is 1.36 bits per heavy atom. The van der Waals surface area contributed by atoms with E-state index in [0.29, 0.717) is 5.69 Å². The molecule has 0 aliphatic carbocycles. The fourth-order valence-electron chi connectivity index (χ4n) is 0.940. The molecule has 1 rings (SSSR count). The highest BCUT2D eigenvalue weighted by atomic mass is 16.3. The molecule has 2 N–H and O–H groups in total. The van der Waals surface area contributed by atoms with E-state index in [-0.39, 0.29) is 11.7 Å². The summed E-state index contributed by atoms with van der Waals surface area (Å²) < 4.78 is 0. The number of phenols is 1. The van der Waals surface area contributed by atoms with Gasteiger partial charge in [0.05, 0.1) is 5.69 Å². The van der Waals surface area contributed by atoms with Crippen LogP contribution < -0.4 is 5.32 Å². The van der Waals surface area contributed by atoms with Crippen LogP contribution in [0.15, 0.2) is 18.2 Å². The van der Waals surface area contributed by atoms with Crippen molar-refractivity contribution in [2.45, 2.75) is 27.7 Å². The molecule has 0 radical (unpaired) electrons. The number of carbonyl (C=O) groups is 1. The van der Waals surface area contributed by atoms with Gasteiger partial charge in [-0.05, 0) is 24.6 Å². The van der Waals surface area contributed by atoms with Crippen LogP contribution in [-0.4, -0.2) is 11.0 Å². The zero-order valence-corrected chi connectivity index (χ0v) is 9.09. The number of benzene rings is 1. The Morgan fingerprint density at radius 2 is 1.93 bits per heavy atom. The quantitative estimate of drug-likeness (QED) is 0.677. The van der Waals surface area contributed by atoms with Gasteiger partial charge in [0.25, 0.3) is 0 Å². The van der Waals surface area contributed by atoms with Gasteiger partial charge in [-0.3, -0.25) is 4.79 Å². The first kappa shape index (κ1) is 12.5. The number of amides is 1. The van der Waals surface area contributed by atoms with Crippen LogP contribution in [-0.2, 0) is 4.79 Å². The first-order valence-corrected chi connectivity index (χ1v) is 4.67. The van der Waals surface area contributed by atoms with Crippen LogP contribution in [0.3, 0.4) is 0 Å². The van der Waals surface area contributed by atoms with Crippen molar-refractivity contribution in [3.05, 3.63) is 23.8 Å². The summed E-state index contributed by atoms with van der Waals surface area (Å²) in [5.41, 5.74) is 1.46. The molecule has 0 saturated heterocycles. The Balaban J connectivity index is 0.000000791. The minimum Gasteiger partial charge on any atom is -0.506 e. The maximum atomic E-state index is 10.7. The molecule has 14 heavy (non-hydrogen) atoms. The highest BCUT2D eigenvalue weighted by Gasteiger charge is 2.01. The van der Waals surface area contributed by atoms with E-state index >= 15 is 0 Å². The Labute approximate surface area is 84.8 Å². The Bertz CT molecular complexity index is 308. The number of phenolic OH excluding ortho intramolecular Hbond substituents is 1. The van der Waals surface area contributed by atoms with E-state index in [4.69, 9.17) is 0 Å². The Kier molecular flexibility index (Phi) is 5.37. The van der Waals surface area contributed by atoms with Gasteiger partial charge < -0.3 is 10.4 Å². The predicted octanol–water partition coefficient (Wildman–Crippen LogP) is 2.69. The lowest BCUT2D eigenvalue weighted by molar-refractivity contribution is -0.114. The number of aryl methyl sites for hydroxylation is 1. The van der Waals surface area contributed by atoms with Crippen molar-refractivity contribution in [3.8, 4) is 5.75 Å². The third-order valence-electron chi connectivity index (χ3n) is 1.46. The van der Waals surface area contributed by atoms with Crippen molar-refractivity contribution in [3.63, 3.8) is 0 Å². The Hall–Kier alpha value is -1.51. The number of hydrogen-bond donors (Lipinski definition) is 2. The van der Waals surface area contributed by atoms with Gasteiger partial charge in [-0.15, -0.1) is 0 Å². The first-order valence-electron chi connectivity index (χ1n) is 4.67. The molecule has 0 aliphatic heterocycles. The fourth-order valence-corrected chi connectivity index (χ4v) is 0.940. The molecule has 0 aliphatic rings. The van der Waals surface area contributed by atoms with Crippen molar-refractivity contribution < 1.29 is 9.90 Å². The minimum atomic E-state index is -0.184. The predicted molar refractivity (Wildman–Crippen MR) is 58.5 cm³/mol. The molecule has 78 valence electrons. The first-order chi connectivity index (χ1) is 6.59. The van der Waals surface area contributed by atoms with Gasteiger partial charge in [-0.2, -0.15) is 0 Å². The molecule has 0 bridgehead atoms. The monoisotopic (exact) mass is 195 g/mol. The topological polar surface area (TPSA) is 49.3 Å². The van der Waals surface area contributed by atoms with E-state index in [2.05, 4.69) is 5.32 Å². The normalized spacial score (nSPS) is 8.57. The lowest BCUT2D eigenvalue weighted by atomic mass is 10.2. The third kappa shape index (κ3) is 3.94. The van der Waals surface area contributed by atoms with E-state index in [1.807, 2.05) is 20.8 Å². The number of rotatable bonds is 1. The molecule has 0 spiro atoms. The maximum absolute atomic E-state index is 10.7. The largest absolute Gasteiger partial charge is 0.506 e. The summed E-state index contributed by atoms with van der Waals surface area (Å²) in [6.07, 6.45) is 0. The third-order valence-corrected chi connectivity index (χ3v) is 1.46. The molecule has 0 heterocycles. The summed E-state index contributed by atoms with van der Waals surface area (Å²) in [7, 11) is 0. The smallest absolute Gasteiger partial charge is 0.221 e. The fraction of sp³-hybridized carbons (Fsp3) is 0.364. The van der Waals surface area contributed by atoms with Crippen LogP contribution in [0.25, 0.3) is 0 Å². The van der Waals surface area contributed by atoms with Crippen molar-refractivity contribution in [2.24, 2.45) is 0 Å². The highest BCUT2D eigenvalue weighted by molar-refractivity contribution is 5.90. The van der Waals surface area contributed by atoms with E-state index in [1.54, 1.807) is 18.2 Å². The summed E-state index contributed by atoms with van der Waals surface area (Å²) in [5.74, 6) is -0.0910. The van der Waals surface area contributed by atoms with Crippen molar-refractivity contribution in [1.29, 1.82) is 0 Å². The summed E-state index contributed by atoms with van der Waals surface area (Å²) in [6.45, 7) is 7.30. The van der Waals surface area contributed by atoms with E-state index < -0.39 is 0 Å². The van der Waals surface area contributed by atoms with Crippen molar-refractivity contribution >= 4 is 11.6 Å². The van der Waals surface area contributed by atoms with Gasteiger partial charge in [-0.25, -0.2) is 0 Å². The van der Waals surface area contributed by atoms with Crippen molar-refractivity contribution in [1.82, 2.24) is 0 Å². The second kappa shape index (κ2) is 6.02. The molecular formula is C11H17NO2. The molecule has 1 aromatic carbocycles. The van der Waals surface area contributed by atoms with E-state index in [1.165, 1.54) is 6.92 Å². The molecule has 3 heteroatoms. The SMILES string of the molecule is CC.CC(=O)Nc1cc(C)ccc1O. The van der Waals surface area contributed by atoms with Gasteiger partial charge in [0.2, 0.25) is 5.91 Å². The standard InChI is InChI=1S/C9H11NO2.C2H6/c1-6-3-4-9(12)8(5-6)10-7(2)11;1-2/h3-5,12H,1-2H3,(H,10,11);1-2H3. The van der Waals surface area contributed by atoms with Gasteiger partial charge in [-0.1, -0.05) is 19.9 Å². The maximum Gasteiger partial charge on any atom is 0.221 e. The number of hydrogen-bond acceptors (Lipinski definition) is 2. The van der Waals surface area contributed by atoms with Crippen LogP contribution >= 0.6 is 0 Å². The van der Waals surface area contributed by atoms with Gasteiger partial charge >= 0.3 is 0 Å². The van der Waals surface area contributed by atoms with Gasteiger partial charge in [0.1, 0.15) is 5.75 Å². The van der Waals surface area contributed by atoms with E-state index in [0.717, 1.165) is 5.56 Å². The lowest BCUT2D eigenvalue weighted by Gasteiger charge is -2.04. The van der Waals surface area contributed by atoms with E-state index in [9.17, 15) is 9.90 Å². The summed E-state index contributed by atoms with van der Waals surface area (Å²) >= 11 is 0. The summed E-state index contributed by atoms with van der Waals surface area (Å²) in [6, 6.07) is 5.05. The second-order valence-electron chi connectivity index (χ2n) is 2.70. The summed E-state index contributed by atoms with van der Waals surface area (Å²) in [5, 5.41) is 11.8. The van der Waals surface area contributed by atoms with Gasteiger partial charge in [0, 0.05) is 6.92 Å². The number of aromatic hydroxyl groups is 1. The highest BCUT2D eigenvalue weighted by Crippen LogP contribution is 2.23. The molecule has 0 fully saturated rings. The molecular weight excluding hydrogens is 178 g/mol. The zero-order chi connectivity index (χ0) is 11.1.